The molecule has 0 N–H and O–H groups in total. The number of nitrogens with zero attached hydrogens (tertiary/aromatic N) is 1. The molecule has 2 rings (SSSR count). The first-order valence-electron chi connectivity index (χ1n) is 6.64. The van der Waals surface area contributed by atoms with Crippen molar-refractivity contribution in [3.8, 4) is 0 Å². The normalized spacial score (nSPS) is 23.8. The number of allylic oxidation sites excluding steroid dienone is 2. The zero-order valence-electron chi connectivity index (χ0n) is 10.8. The summed E-state index contributed by atoms with van der Waals surface area (Å²) < 4.78 is 0. The summed E-state index contributed by atoms with van der Waals surface area (Å²) in [6, 6.07) is 8.44. The molecule has 0 amide bonds. The van der Waals surface area contributed by atoms with E-state index in [1.807, 2.05) is 12.1 Å². The van der Waals surface area contributed by atoms with Gasteiger partial charge in [0.2, 0.25) is 0 Å². The van der Waals surface area contributed by atoms with Gasteiger partial charge in [-0.25, -0.2) is 0 Å². The van der Waals surface area contributed by atoms with Crippen LogP contribution in [0.25, 0.3) is 0 Å². The minimum absolute atomic E-state index is 0.719. The highest BCUT2D eigenvalue weighted by Gasteiger charge is 2.20. The van der Waals surface area contributed by atoms with E-state index in [0.29, 0.717) is 0 Å². The summed E-state index contributed by atoms with van der Waals surface area (Å²) in [5.41, 5.74) is 2.34. The van der Waals surface area contributed by atoms with Crippen molar-refractivity contribution < 1.29 is 0 Å². The average Bonchev–Trinajstić information content (AvgIpc) is 2.41. The molecule has 1 aliphatic carbocycles. The van der Waals surface area contributed by atoms with E-state index in [-0.39, 0.29) is 0 Å². The standard InChI is InChI=1S/C16H19NS/c1-2-3-13-4-6-14(7-5-13)15-8-10-16(11-9-15)17-12-18/h2-3,8-11,13-14H,4-7H2,1H3/b3-2-/t13-,14-. The van der Waals surface area contributed by atoms with Gasteiger partial charge in [-0.2, -0.15) is 4.99 Å². The number of thiocarbonyl (C=S) groups is 1. The van der Waals surface area contributed by atoms with Crippen LogP contribution in [0.3, 0.4) is 0 Å². The summed E-state index contributed by atoms with van der Waals surface area (Å²) in [5.74, 6) is 1.52. The molecule has 1 nitrogen and oxygen atoms in total. The van der Waals surface area contributed by atoms with E-state index in [1.165, 1.54) is 31.2 Å². The number of benzene rings is 1. The Morgan fingerprint density at radius 1 is 1.17 bits per heavy atom. The van der Waals surface area contributed by atoms with E-state index in [2.05, 4.69) is 53.6 Å². The molecule has 1 saturated carbocycles. The van der Waals surface area contributed by atoms with Crippen LogP contribution in [-0.4, -0.2) is 5.16 Å². The fraction of sp³-hybridized carbons (Fsp3) is 0.438. The molecule has 1 fully saturated rings. The summed E-state index contributed by atoms with van der Waals surface area (Å²) >= 11 is 4.61. The lowest BCUT2D eigenvalue weighted by atomic mass is 9.78. The van der Waals surface area contributed by atoms with Crippen molar-refractivity contribution in [2.45, 2.75) is 38.5 Å². The van der Waals surface area contributed by atoms with Gasteiger partial charge in [-0.3, -0.25) is 0 Å². The van der Waals surface area contributed by atoms with Crippen molar-refractivity contribution >= 4 is 23.1 Å². The van der Waals surface area contributed by atoms with Gasteiger partial charge >= 0.3 is 0 Å². The third kappa shape index (κ3) is 3.38. The minimum atomic E-state index is 0.719. The maximum atomic E-state index is 4.61. The Morgan fingerprint density at radius 3 is 2.39 bits per heavy atom. The molecule has 0 aliphatic heterocycles. The number of hydrogen-bond donors (Lipinski definition) is 0. The van der Waals surface area contributed by atoms with Crippen molar-refractivity contribution in [1.82, 2.24) is 0 Å². The van der Waals surface area contributed by atoms with Crippen LogP contribution in [0.2, 0.25) is 0 Å². The predicted molar refractivity (Wildman–Crippen MR) is 80.6 cm³/mol. The molecule has 94 valence electrons. The van der Waals surface area contributed by atoms with Crippen molar-refractivity contribution in [2.75, 3.05) is 0 Å². The first-order chi connectivity index (χ1) is 8.83. The maximum Gasteiger partial charge on any atom is 0.0739 e. The molecule has 0 saturated heterocycles. The molecule has 0 unspecified atom stereocenters. The minimum Gasteiger partial charge on any atom is -0.195 e. The van der Waals surface area contributed by atoms with E-state index in [9.17, 15) is 0 Å². The molecule has 0 atom stereocenters. The van der Waals surface area contributed by atoms with Crippen LogP contribution < -0.4 is 0 Å². The van der Waals surface area contributed by atoms with Gasteiger partial charge in [-0.1, -0.05) is 24.3 Å². The Morgan fingerprint density at radius 2 is 1.83 bits per heavy atom. The summed E-state index contributed by atoms with van der Waals surface area (Å²) in [4.78, 5) is 3.98. The number of isothiocyanates is 1. The topological polar surface area (TPSA) is 12.4 Å². The third-order valence-electron chi connectivity index (χ3n) is 3.78. The Hall–Kier alpha value is -1.24. The Kier molecular flexibility index (Phi) is 4.86. The van der Waals surface area contributed by atoms with Crippen molar-refractivity contribution in [1.29, 1.82) is 0 Å². The van der Waals surface area contributed by atoms with Gasteiger partial charge in [0, 0.05) is 0 Å². The Bertz CT molecular complexity index is 446. The van der Waals surface area contributed by atoms with Gasteiger partial charge in [-0.05, 0) is 74.4 Å². The van der Waals surface area contributed by atoms with Gasteiger partial charge in [-0.15, -0.1) is 0 Å². The second-order valence-electron chi connectivity index (χ2n) is 4.93. The van der Waals surface area contributed by atoms with Crippen molar-refractivity contribution in [2.24, 2.45) is 10.9 Å². The lowest BCUT2D eigenvalue weighted by Gasteiger charge is -2.27. The van der Waals surface area contributed by atoms with Gasteiger partial charge in [0.05, 0.1) is 10.8 Å². The van der Waals surface area contributed by atoms with Crippen molar-refractivity contribution in [3.05, 3.63) is 42.0 Å². The molecule has 2 heteroatoms. The zero-order chi connectivity index (χ0) is 12.8. The Labute approximate surface area is 115 Å². The largest absolute Gasteiger partial charge is 0.195 e. The van der Waals surface area contributed by atoms with E-state index < -0.39 is 0 Å². The second kappa shape index (κ2) is 6.63. The molecular formula is C16H19NS. The van der Waals surface area contributed by atoms with Gasteiger partial charge < -0.3 is 0 Å². The van der Waals surface area contributed by atoms with Gasteiger partial charge in [0.25, 0.3) is 0 Å². The molecule has 0 radical (unpaired) electrons. The van der Waals surface area contributed by atoms with Crippen LogP contribution in [0.1, 0.15) is 44.1 Å². The fourth-order valence-electron chi connectivity index (χ4n) is 2.79. The van der Waals surface area contributed by atoms with E-state index in [0.717, 1.165) is 17.5 Å². The summed E-state index contributed by atoms with van der Waals surface area (Å²) in [6.45, 7) is 2.11. The molecular weight excluding hydrogens is 238 g/mol. The van der Waals surface area contributed by atoms with E-state index >= 15 is 0 Å². The highest BCUT2D eigenvalue weighted by molar-refractivity contribution is 7.78. The maximum absolute atomic E-state index is 4.61. The van der Waals surface area contributed by atoms with Crippen LogP contribution in [0.4, 0.5) is 5.69 Å². The molecule has 1 aromatic carbocycles. The van der Waals surface area contributed by atoms with Crippen LogP contribution in [0.15, 0.2) is 41.4 Å². The molecule has 1 aromatic rings. The molecule has 0 bridgehead atoms. The lowest BCUT2D eigenvalue weighted by molar-refractivity contribution is 0.376. The molecule has 0 spiro atoms. The molecule has 18 heavy (non-hydrogen) atoms. The monoisotopic (exact) mass is 257 g/mol. The fourth-order valence-corrected chi connectivity index (χ4v) is 2.90. The van der Waals surface area contributed by atoms with Crippen molar-refractivity contribution in [3.63, 3.8) is 0 Å². The highest BCUT2D eigenvalue weighted by atomic mass is 32.1. The quantitative estimate of drug-likeness (QED) is 0.408. The SMILES string of the molecule is C/C=C\[C@H]1CC[C@H](c2ccc(N=C=S)cc2)CC1. The number of aliphatic imine (C=N–C) groups is 1. The van der Waals surface area contributed by atoms with Gasteiger partial charge in [0.1, 0.15) is 0 Å². The van der Waals surface area contributed by atoms with Crippen LogP contribution in [-0.2, 0) is 0 Å². The van der Waals surface area contributed by atoms with Crippen LogP contribution in [0, 0.1) is 5.92 Å². The van der Waals surface area contributed by atoms with Crippen LogP contribution >= 0.6 is 12.2 Å². The smallest absolute Gasteiger partial charge is 0.0739 e. The van der Waals surface area contributed by atoms with Crippen LogP contribution in [0.5, 0.6) is 0 Å². The average molecular weight is 257 g/mol. The molecule has 0 heterocycles. The Balaban J connectivity index is 1.99. The second-order valence-corrected chi connectivity index (χ2v) is 5.11. The van der Waals surface area contributed by atoms with Gasteiger partial charge in [0.15, 0.2) is 0 Å². The zero-order valence-corrected chi connectivity index (χ0v) is 11.6. The molecule has 1 aliphatic rings. The molecule has 0 aromatic heterocycles. The van der Waals surface area contributed by atoms with E-state index in [1.54, 1.807) is 0 Å². The predicted octanol–water partition coefficient (Wildman–Crippen LogP) is 5.27. The first kappa shape index (κ1) is 13.2. The summed E-state index contributed by atoms with van der Waals surface area (Å²) in [5, 5.41) is 2.40. The summed E-state index contributed by atoms with van der Waals surface area (Å²) in [6.07, 6.45) is 9.76. The lowest BCUT2D eigenvalue weighted by Crippen LogP contribution is -2.11. The summed E-state index contributed by atoms with van der Waals surface area (Å²) in [7, 11) is 0. The first-order valence-corrected chi connectivity index (χ1v) is 7.05. The third-order valence-corrected chi connectivity index (χ3v) is 3.87. The number of rotatable bonds is 3. The number of hydrogen-bond acceptors (Lipinski definition) is 2. The highest BCUT2D eigenvalue weighted by Crippen LogP contribution is 2.36. The van der Waals surface area contributed by atoms with E-state index in [4.69, 9.17) is 0 Å².